The summed E-state index contributed by atoms with van der Waals surface area (Å²) in [6.45, 7) is 1.13. The van der Waals surface area contributed by atoms with Crippen LogP contribution < -0.4 is 10.0 Å². The molecule has 0 bridgehead atoms. The predicted octanol–water partition coefficient (Wildman–Crippen LogP) is 1.90. The number of rotatable bonds is 6. The second-order valence-corrected chi connectivity index (χ2v) is 7.91. The first-order valence-corrected chi connectivity index (χ1v) is 9.10. The molecule has 1 aromatic carbocycles. The number of amides is 1. The summed E-state index contributed by atoms with van der Waals surface area (Å²) in [5.74, 6) is -1.83. The molecule has 0 radical (unpaired) electrons. The molecule has 0 aromatic heterocycles. The molecule has 7 nitrogen and oxygen atoms in total. The zero-order chi connectivity index (χ0) is 20.5. The van der Waals surface area contributed by atoms with Crippen LogP contribution in [0.4, 0.5) is 18.9 Å². The van der Waals surface area contributed by atoms with Crippen molar-refractivity contribution in [3.05, 3.63) is 22.2 Å². The number of carbonyl (C=O) groups is 1. The summed E-state index contributed by atoms with van der Waals surface area (Å²) in [5.41, 5.74) is -4.13. The topological polar surface area (TPSA) is 116 Å². The van der Waals surface area contributed by atoms with E-state index in [4.69, 9.17) is 28.3 Å². The molecule has 0 aliphatic heterocycles. The first-order valence-electron chi connectivity index (χ1n) is 6.87. The molecule has 0 saturated carbocycles. The molecule has 1 amide bonds. The molecule has 0 heterocycles. The maximum absolute atomic E-state index is 12.7. The predicted molar refractivity (Wildman–Crippen MR) is 88.6 cm³/mol. The van der Waals surface area contributed by atoms with Crippen LogP contribution in [0.15, 0.2) is 17.0 Å². The van der Waals surface area contributed by atoms with Gasteiger partial charge in [0.25, 0.3) is 5.91 Å². The van der Waals surface area contributed by atoms with Crippen LogP contribution in [0.1, 0.15) is 13.8 Å². The lowest BCUT2D eigenvalue weighted by molar-refractivity contribution is -0.242. The third-order valence-corrected chi connectivity index (χ3v) is 5.83. The number of aliphatic hydroxyl groups is 2. The molecule has 0 spiro atoms. The number of alkyl halides is 3. The zero-order valence-corrected chi connectivity index (χ0v) is 15.7. The number of benzene rings is 1. The largest absolute Gasteiger partial charge is 0.426 e. The number of anilines is 1. The summed E-state index contributed by atoms with van der Waals surface area (Å²) in [6.07, 6.45) is -5.25. The van der Waals surface area contributed by atoms with Crippen LogP contribution in [0.3, 0.4) is 0 Å². The molecule has 148 valence electrons. The van der Waals surface area contributed by atoms with E-state index in [1.807, 2.05) is 0 Å². The Hall–Kier alpha value is -1.11. The summed E-state index contributed by atoms with van der Waals surface area (Å²) in [7, 11) is -4.19. The van der Waals surface area contributed by atoms with Crippen molar-refractivity contribution in [3.63, 3.8) is 0 Å². The molecule has 0 aliphatic rings. The van der Waals surface area contributed by atoms with Gasteiger partial charge in [-0.3, -0.25) is 4.79 Å². The van der Waals surface area contributed by atoms with Gasteiger partial charge >= 0.3 is 6.18 Å². The normalized spacial score (nSPS) is 16.0. The average Bonchev–Trinajstić information content (AvgIpc) is 2.49. The molecule has 0 fully saturated rings. The number of carbonyl (C=O) groups excluding carboxylic acids is 1. The Kier molecular flexibility index (Phi) is 6.94. The van der Waals surface area contributed by atoms with E-state index in [9.17, 15) is 31.5 Å². The van der Waals surface area contributed by atoms with Gasteiger partial charge in [-0.15, -0.1) is 0 Å². The van der Waals surface area contributed by atoms with Crippen molar-refractivity contribution in [2.24, 2.45) is 0 Å². The van der Waals surface area contributed by atoms with Crippen LogP contribution in [-0.4, -0.2) is 49.0 Å². The number of halogens is 5. The highest BCUT2D eigenvalue weighted by molar-refractivity contribution is 7.89. The highest BCUT2D eigenvalue weighted by Crippen LogP contribution is 2.37. The van der Waals surface area contributed by atoms with Gasteiger partial charge in [0.05, 0.1) is 22.3 Å². The van der Waals surface area contributed by atoms with Crippen molar-refractivity contribution in [1.82, 2.24) is 4.72 Å². The minimum Gasteiger partial charge on any atom is -0.395 e. The van der Waals surface area contributed by atoms with E-state index in [-0.39, 0.29) is 6.92 Å². The van der Waals surface area contributed by atoms with Crippen LogP contribution in [-0.2, 0) is 14.8 Å². The Labute approximate surface area is 157 Å². The van der Waals surface area contributed by atoms with Crippen molar-refractivity contribution in [3.8, 4) is 0 Å². The standard InChI is InChI=1S/C13H15Cl2F3N2O5S/c1-6(5-21)20-26(24,25)8-4-3-7(9(14)10(8)15)19-11(22)12(2,23)13(16,17)18/h3-4,6,20-21,23H,5H2,1-2H3,(H,19,22)/t6-,12+/m0/s1. The van der Waals surface area contributed by atoms with Crippen molar-refractivity contribution in [2.45, 2.75) is 36.6 Å². The molecule has 0 saturated heterocycles. The van der Waals surface area contributed by atoms with E-state index >= 15 is 0 Å². The number of hydrogen-bond donors (Lipinski definition) is 4. The molecule has 26 heavy (non-hydrogen) atoms. The van der Waals surface area contributed by atoms with Gasteiger partial charge in [-0.25, -0.2) is 13.1 Å². The smallest absolute Gasteiger partial charge is 0.395 e. The van der Waals surface area contributed by atoms with Crippen LogP contribution in [0.25, 0.3) is 0 Å². The van der Waals surface area contributed by atoms with Gasteiger partial charge < -0.3 is 15.5 Å². The minimum atomic E-state index is -5.25. The fraction of sp³-hybridized carbons (Fsp3) is 0.462. The van der Waals surface area contributed by atoms with Gasteiger partial charge in [0.1, 0.15) is 4.90 Å². The van der Waals surface area contributed by atoms with Gasteiger partial charge in [-0.05, 0) is 26.0 Å². The van der Waals surface area contributed by atoms with E-state index in [0.29, 0.717) is 0 Å². The Morgan fingerprint density at radius 3 is 2.27 bits per heavy atom. The van der Waals surface area contributed by atoms with E-state index in [1.165, 1.54) is 6.92 Å². The Morgan fingerprint density at radius 1 is 1.27 bits per heavy atom. The fourth-order valence-corrected chi connectivity index (χ4v) is 3.63. The van der Waals surface area contributed by atoms with E-state index in [2.05, 4.69) is 4.72 Å². The van der Waals surface area contributed by atoms with Crippen LogP contribution in [0, 0.1) is 0 Å². The summed E-state index contributed by atoms with van der Waals surface area (Å²) in [5, 5.41) is 18.9. The molecule has 0 aliphatic carbocycles. The maximum atomic E-state index is 12.7. The SMILES string of the molecule is C[C@@H](CO)NS(=O)(=O)c1ccc(NC(=O)[C@@](C)(O)C(F)(F)F)c(Cl)c1Cl. The van der Waals surface area contributed by atoms with E-state index < -0.39 is 61.0 Å². The highest BCUT2D eigenvalue weighted by atomic mass is 35.5. The van der Waals surface area contributed by atoms with Crippen LogP contribution in [0.5, 0.6) is 0 Å². The minimum absolute atomic E-state index is 0.247. The fourth-order valence-electron chi connectivity index (χ4n) is 1.57. The summed E-state index contributed by atoms with van der Waals surface area (Å²) < 4.78 is 64.4. The molecule has 4 N–H and O–H groups in total. The molecular weight excluding hydrogens is 424 g/mol. The first kappa shape index (κ1) is 22.9. The lowest BCUT2D eigenvalue weighted by Crippen LogP contribution is -2.52. The molecular formula is C13H15Cl2F3N2O5S. The van der Waals surface area contributed by atoms with E-state index in [1.54, 1.807) is 5.32 Å². The van der Waals surface area contributed by atoms with Crippen LogP contribution in [0.2, 0.25) is 10.0 Å². The Bertz CT molecular complexity index is 800. The molecule has 1 aromatic rings. The Morgan fingerprint density at radius 2 is 1.81 bits per heavy atom. The van der Waals surface area contributed by atoms with E-state index in [0.717, 1.165) is 12.1 Å². The quantitative estimate of drug-likeness (QED) is 0.541. The van der Waals surface area contributed by atoms with Gasteiger partial charge in [-0.2, -0.15) is 13.2 Å². The first-order chi connectivity index (χ1) is 11.6. The second-order valence-electron chi connectivity index (χ2n) is 5.47. The average molecular weight is 439 g/mol. The Balaban J connectivity index is 3.22. The number of nitrogens with one attached hydrogen (secondary N) is 2. The molecule has 1 rings (SSSR count). The number of sulfonamides is 1. The maximum Gasteiger partial charge on any atom is 0.426 e. The van der Waals surface area contributed by atoms with Crippen molar-refractivity contribution in [2.75, 3.05) is 11.9 Å². The summed E-state index contributed by atoms with van der Waals surface area (Å²) >= 11 is 11.7. The third-order valence-electron chi connectivity index (χ3n) is 3.21. The molecule has 0 unspecified atom stereocenters. The van der Waals surface area contributed by atoms with Gasteiger partial charge in [-0.1, -0.05) is 23.2 Å². The van der Waals surface area contributed by atoms with Crippen LogP contribution >= 0.6 is 23.2 Å². The van der Waals surface area contributed by atoms with Gasteiger partial charge in [0, 0.05) is 6.04 Å². The summed E-state index contributed by atoms with van der Waals surface area (Å²) in [4.78, 5) is 11.2. The molecule has 2 atom stereocenters. The summed E-state index contributed by atoms with van der Waals surface area (Å²) in [6, 6.07) is 0.978. The monoisotopic (exact) mass is 438 g/mol. The van der Waals surface area contributed by atoms with Crippen molar-refractivity contribution < 1.29 is 36.6 Å². The number of hydrogen-bond acceptors (Lipinski definition) is 5. The zero-order valence-electron chi connectivity index (χ0n) is 13.4. The van der Waals surface area contributed by atoms with Gasteiger partial charge in [0.2, 0.25) is 15.6 Å². The molecule has 13 heteroatoms. The van der Waals surface area contributed by atoms with Crippen molar-refractivity contribution >= 4 is 44.8 Å². The van der Waals surface area contributed by atoms with Gasteiger partial charge in [0.15, 0.2) is 0 Å². The second kappa shape index (κ2) is 7.87. The lowest BCUT2D eigenvalue weighted by Gasteiger charge is -2.25. The number of aliphatic hydroxyl groups excluding tert-OH is 1. The van der Waals surface area contributed by atoms with Crippen molar-refractivity contribution in [1.29, 1.82) is 0 Å². The highest BCUT2D eigenvalue weighted by Gasteiger charge is 2.55. The lowest BCUT2D eigenvalue weighted by atomic mass is 10.1. The third kappa shape index (κ3) is 4.78.